The smallest absolute Gasteiger partial charge is 0.254 e. The number of nitrogens with zero attached hydrogens (tertiary/aromatic N) is 1. The number of fused-ring (bicyclic) bond motifs is 3. The Morgan fingerprint density at radius 3 is 2.77 bits per heavy atom. The first-order chi connectivity index (χ1) is 12.6. The summed E-state index contributed by atoms with van der Waals surface area (Å²) in [6.45, 7) is 1.11. The Kier molecular flexibility index (Phi) is 4.65. The summed E-state index contributed by atoms with van der Waals surface area (Å²) >= 11 is 12.2. The number of aromatic amines is 1. The number of hydrogen-bond donors (Lipinski definition) is 2. The second-order valence-corrected chi connectivity index (χ2v) is 7.49. The van der Waals surface area contributed by atoms with Crippen LogP contribution in [0.25, 0.3) is 10.9 Å². The van der Waals surface area contributed by atoms with Crippen LogP contribution in [-0.2, 0) is 6.54 Å². The fourth-order valence-electron chi connectivity index (χ4n) is 3.79. The number of aromatic nitrogens is 1. The average molecular weight is 389 g/mol. The number of benzene rings is 2. The second kappa shape index (κ2) is 6.95. The minimum Gasteiger partial charge on any atom is -0.396 e. The second-order valence-electron chi connectivity index (χ2n) is 6.61. The number of halogens is 2. The molecule has 1 aromatic heterocycles. The van der Waals surface area contributed by atoms with Crippen LogP contribution < -0.4 is 0 Å². The van der Waals surface area contributed by atoms with Crippen molar-refractivity contribution in [1.29, 1.82) is 0 Å². The number of aliphatic hydroxyl groups is 1. The molecule has 0 spiro atoms. The Morgan fingerprint density at radius 1 is 1.19 bits per heavy atom. The van der Waals surface area contributed by atoms with Crippen molar-refractivity contribution in [3.8, 4) is 0 Å². The molecule has 1 aliphatic heterocycles. The molecule has 1 atom stereocenters. The van der Waals surface area contributed by atoms with Crippen LogP contribution in [0.4, 0.5) is 0 Å². The summed E-state index contributed by atoms with van der Waals surface area (Å²) in [5, 5.41) is 11.8. The van der Waals surface area contributed by atoms with Gasteiger partial charge in [0.1, 0.15) is 0 Å². The van der Waals surface area contributed by atoms with Crippen molar-refractivity contribution < 1.29 is 9.90 Å². The highest BCUT2D eigenvalue weighted by molar-refractivity contribution is 6.31. The van der Waals surface area contributed by atoms with E-state index in [9.17, 15) is 9.90 Å². The third-order valence-electron chi connectivity index (χ3n) is 4.92. The molecular weight excluding hydrogens is 371 g/mol. The lowest BCUT2D eigenvalue weighted by atomic mass is 9.89. The quantitative estimate of drug-likeness (QED) is 0.688. The highest BCUT2D eigenvalue weighted by Gasteiger charge is 2.31. The SMILES string of the molecule is O=C(c1cccc(Cl)c1)N1Cc2[nH]c3ccc(Cl)cc3c2C(CCO)C1. The molecule has 0 saturated carbocycles. The Balaban J connectivity index is 1.74. The number of carbonyl (C=O) groups is 1. The summed E-state index contributed by atoms with van der Waals surface area (Å²) in [6.07, 6.45) is 0.589. The van der Waals surface area contributed by atoms with Crippen LogP contribution >= 0.6 is 23.2 Å². The Morgan fingerprint density at radius 2 is 2.00 bits per heavy atom. The van der Waals surface area contributed by atoms with E-state index in [1.165, 1.54) is 0 Å². The van der Waals surface area contributed by atoms with E-state index in [2.05, 4.69) is 4.98 Å². The molecule has 0 fully saturated rings. The van der Waals surface area contributed by atoms with Gasteiger partial charge < -0.3 is 15.0 Å². The van der Waals surface area contributed by atoms with Crippen molar-refractivity contribution in [1.82, 2.24) is 9.88 Å². The molecule has 3 aromatic rings. The van der Waals surface area contributed by atoms with Crippen molar-refractivity contribution in [3.05, 3.63) is 69.3 Å². The van der Waals surface area contributed by atoms with Crippen LogP contribution in [0.15, 0.2) is 42.5 Å². The molecule has 0 aliphatic carbocycles. The highest BCUT2D eigenvalue weighted by Crippen LogP contribution is 2.37. The van der Waals surface area contributed by atoms with Crippen LogP contribution in [0.1, 0.15) is 34.0 Å². The molecule has 4 rings (SSSR count). The van der Waals surface area contributed by atoms with Crippen LogP contribution in [0, 0.1) is 0 Å². The van der Waals surface area contributed by atoms with E-state index >= 15 is 0 Å². The molecule has 2 N–H and O–H groups in total. The van der Waals surface area contributed by atoms with E-state index in [4.69, 9.17) is 23.2 Å². The van der Waals surface area contributed by atoms with Crippen molar-refractivity contribution >= 4 is 40.0 Å². The van der Waals surface area contributed by atoms with Crippen molar-refractivity contribution in [2.75, 3.05) is 13.2 Å². The van der Waals surface area contributed by atoms with E-state index in [1.54, 1.807) is 24.3 Å². The fourth-order valence-corrected chi connectivity index (χ4v) is 4.16. The topological polar surface area (TPSA) is 56.3 Å². The van der Waals surface area contributed by atoms with Gasteiger partial charge in [0, 0.05) is 51.3 Å². The minimum absolute atomic E-state index is 0.0547. The van der Waals surface area contributed by atoms with Gasteiger partial charge in [-0.25, -0.2) is 0 Å². The maximum absolute atomic E-state index is 13.0. The summed E-state index contributed by atoms with van der Waals surface area (Å²) in [5.41, 5.74) is 3.73. The monoisotopic (exact) mass is 388 g/mol. The molecule has 4 nitrogen and oxygen atoms in total. The van der Waals surface area contributed by atoms with Crippen LogP contribution in [0.5, 0.6) is 0 Å². The highest BCUT2D eigenvalue weighted by atomic mass is 35.5. The molecule has 2 aromatic carbocycles. The first-order valence-corrected chi connectivity index (χ1v) is 9.28. The number of carbonyl (C=O) groups excluding carboxylic acids is 1. The van der Waals surface area contributed by atoms with Gasteiger partial charge in [-0.15, -0.1) is 0 Å². The van der Waals surface area contributed by atoms with Crippen molar-refractivity contribution in [2.24, 2.45) is 0 Å². The number of amides is 1. The number of hydrogen-bond acceptors (Lipinski definition) is 2. The standard InChI is InChI=1S/C20H18Cl2N2O2/c21-14-3-1-2-12(8-14)20(26)24-10-13(6-7-25)19-16-9-15(22)4-5-17(16)23-18(19)11-24/h1-5,8-9,13,23,25H,6-7,10-11H2. The Bertz CT molecular complexity index is 983. The lowest BCUT2D eigenvalue weighted by molar-refractivity contribution is 0.0707. The molecule has 2 heterocycles. The normalized spacial score (nSPS) is 16.7. The fraction of sp³-hybridized carbons (Fsp3) is 0.250. The molecule has 1 unspecified atom stereocenters. The molecule has 6 heteroatoms. The lowest BCUT2D eigenvalue weighted by Crippen LogP contribution is -2.38. The number of H-pyrrole nitrogens is 1. The molecular formula is C20H18Cl2N2O2. The van der Waals surface area contributed by atoms with Gasteiger partial charge in [0.15, 0.2) is 0 Å². The van der Waals surface area contributed by atoms with Gasteiger partial charge in [-0.1, -0.05) is 29.3 Å². The third kappa shape index (κ3) is 3.09. The number of nitrogens with one attached hydrogen (secondary N) is 1. The number of rotatable bonds is 3. The molecule has 1 amide bonds. The first-order valence-electron chi connectivity index (χ1n) is 8.52. The molecule has 0 radical (unpaired) electrons. The summed E-state index contributed by atoms with van der Waals surface area (Å²) in [4.78, 5) is 18.2. The summed E-state index contributed by atoms with van der Waals surface area (Å²) < 4.78 is 0. The number of aliphatic hydroxyl groups excluding tert-OH is 1. The molecule has 0 bridgehead atoms. The van der Waals surface area contributed by atoms with Gasteiger partial charge in [0.25, 0.3) is 5.91 Å². The summed E-state index contributed by atoms with van der Waals surface area (Å²) in [6, 6.07) is 12.7. The van der Waals surface area contributed by atoms with Crippen LogP contribution in [-0.4, -0.2) is 34.0 Å². The van der Waals surface area contributed by atoms with Crippen molar-refractivity contribution in [3.63, 3.8) is 0 Å². The largest absolute Gasteiger partial charge is 0.396 e. The molecule has 134 valence electrons. The van der Waals surface area contributed by atoms with E-state index in [0.717, 1.165) is 22.2 Å². The predicted octanol–water partition coefficient (Wildman–Crippen LogP) is 4.60. The van der Waals surface area contributed by atoms with E-state index in [1.807, 2.05) is 23.1 Å². The molecule has 0 saturated heterocycles. The predicted molar refractivity (Wildman–Crippen MR) is 104 cm³/mol. The van der Waals surface area contributed by atoms with Crippen molar-refractivity contribution in [2.45, 2.75) is 18.9 Å². The van der Waals surface area contributed by atoms with E-state index in [-0.39, 0.29) is 18.4 Å². The first kappa shape index (κ1) is 17.4. The van der Waals surface area contributed by atoms with E-state index in [0.29, 0.717) is 35.1 Å². The van der Waals surface area contributed by atoms with Gasteiger partial charge in [0.2, 0.25) is 0 Å². The van der Waals surface area contributed by atoms with Gasteiger partial charge in [0.05, 0.1) is 6.54 Å². The zero-order valence-corrected chi connectivity index (χ0v) is 15.5. The molecule has 26 heavy (non-hydrogen) atoms. The summed E-state index contributed by atoms with van der Waals surface area (Å²) in [7, 11) is 0. The lowest BCUT2D eigenvalue weighted by Gasteiger charge is -2.33. The Labute approximate surface area is 161 Å². The summed E-state index contributed by atoms with van der Waals surface area (Å²) in [5.74, 6) is -0.00289. The Hall–Kier alpha value is -2.01. The average Bonchev–Trinajstić information content (AvgIpc) is 2.99. The maximum atomic E-state index is 13.0. The zero-order valence-electron chi connectivity index (χ0n) is 14.0. The van der Waals surface area contributed by atoms with E-state index < -0.39 is 0 Å². The third-order valence-corrected chi connectivity index (χ3v) is 5.39. The van der Waals surface area contributed by atoms with Crippen LogP contribution in [0.2, 0.25) is 10.0 Å². The zero-order chi connectivity index (χ0) is 18.3. The van der Waals surface area contributed by atoms with Gasteiger partial charge in [-0.05, 0) is 48.4 Å². The van der Waals surface area contributed by atoms with Gasteiger partial charge >= 0.3 is 0 Å². The van der Waals surface area contributed by atoms with Gasteiger partial charge in [-0.2, -0.15) is 0 Å². The molecule has 1 aliphatic rings. The van der Waals surface area contributed by atoms with Gasteiger partial charge in [-0.3, -0.25) is 4.79 Å². The maximum Gasteiger partial charge on any atom is 0.254 e. The van der Waals surface area contributed by atoms with Crippen LogP contribution in [0.3, 0.4) is 0 Å². The minimum atomic E-state index is -0.0576.